The molecule has 1 aromatic carbocycles. The van der Waals surface area contributed by atoms with Gasteiger partial charge in [-0.05, 0) is 30.3 Å². The molecule has 26 heavy (non-hydrogen) atoms. The van der Waals surface area contributed by atoms with Crippen LogP contribution in [0.2, 0.25) is 0 Å². The molecule has 3 heterocycles. The largest absolute Gasteiger partial charge is 0.454 e. The second kappa shape index (κ2) is 6.48. The summed E-state index contributed by atoms with van der Waals surface area (Å²) in [6.07, 6.45) is -4.51. The first kappa shape index (κ1) is 16.6. The van der Waals surface area contributed by atoms with E-state index in [0.717, 1.165) is 17.8 Å². The van der Waals surface area contributed by atoms with Crippen LogP contribution in [0.3, 0.4) is 0 Å². The Morgan fingerprint density at radius 3 is 2.65 bits per heavy atom. The highest BCUT2D eigenvalue weighted by Gasteiger charge is 2.32. The van der Waals surface area contributed by atoms with E-state index in [4.69, 9.17) is 14.0 Å². The van der Waals surface area contributed by atoms with E-state index < -0.39 is 11.9 Å². The summed E-state index contributed by atoms with van der Waals surface area (Å²) in [7, 11) is 0. The molecule has 0 spiro atoms. The molecule has 4 rings (SSSR count). The predicted octanol–water partition coefficient (Wildman–Crippen LogP) is 3.57. The summed E-state index contributed by atoms with van der Waals surface area (Å²) in [4.78, 5) is 4.25. The van der Waals surface area contributed by atoms with Gasteiger partial charge >= 0.3 is 6.18 Å². The average molecular weight is 382 g/mol. The molecule has 0 bridgehead atoms. The van der Waals surface area contributed by atoms with Gasteiger partial charge in [0.05, 0.1) is 5.75 Å². The van der Waals surface area contributed by atoms with Crippen molar-refractivity contribution in [2.75, 3.05) is 6.79 Å². The van der Waals surface area contributed by atoms with Crippen molar-refractivity contribution < 1.29 is 27.2 Å². The Balaban J connectivity index is 1.42. The van der Waals surface area contributed by atoms with Crippen LogP contribution in [0.4, 0.5) is 13.2 Å². The lowest BCUT2D eigenvalue weighted by atomic mass is 10.2. The number of rotatable bonds is 4. The molecule has 0 N–H and O–H groups in total. The highest BCUT2D eigenvalue weighted by molar-refractivity contribution is 7.98. The highest BCUT2D eigenvalue weighted by atomic mass is 32.2. The molecular formula is C15H9F3N4O3S. The lowest BCUT2D eigenvalue weighted by Crippen LogP contribution is -2.08. The number of halogens is 3. The number of benzene rings is 1. The maximum absolute atomic E-state index is 12.5. The highest BCUT2D eigenvalue weighted by Crippen LogP contribution is 2.35. The Bertz CT molecular complexity index is 931. The molecule has 0 radical (unpaired) electrons. The molecule has 3 aromatic rings. The maximum Gasteiger partial charge on any atom is 0.435 e. The van der Waals surface area contributed by atoms with Crippen LogP contribution in [0.1, 0.15) is 11.6 Å². The zero-order chi connectivity index (χ0) is 18.1. The van der Waals surface area contributed by atoms with Crippen LogP contribution in [-0.2, 0) is 11.9 Å². The normalized spacial score (nSPS) is 13.2. The second-order valence-corrected chi connectivity index (χ2v) is 6.12. The Morgan fingerprint density at radius 2 is 1.88 bits per heavy atom. The van der Waals surface area contributed by atoms with Crippen molar-refractivity contribution in [2.24, 2.45) is 0 Å². The fourth-order valence-corrected chi connectivity index (χ4v) is 2.80. The van der Waals surface area contributed by atoms with Gasteiger partial charge in [-0.15, -0.1) is 10.2 Å². The number of fused-ring (bicyclic) bond motifs is 1. The van der Waals surface area contributed by atoms with Crippen molar-refractivity contribution in [1.82, 2.24) is 20.3 Å². The fraction of sp³-hybridized carbons (Fsp3) is 0.200. The van der Waals surface area contributed by atoms with Gasteiger partial charge in [0.1, 0.15) is 5.03 Å². The number of thioether (sulfide) groups is 1. The maximum atomic E-state index is 12.5. The lowest BCUT2D eigenvalue weighted by molar-refractivity contribution is -0.141. The SMILES string of the molecule is FC(F)(F)c1ccc(SCc2nc(-c3ccc4c(c3)OCO4)no2)nn1. The predicted molar refractivity (Wildman–Crippen MR) is 82.5 cm³/mol. The van der Waals surface area contributed by atoms with Crippen LogP contribution in [0, 0.1) is 0 Å². The van der Waals surface area contributed by atoms with Crippen LogP contribution >= 0.6 is 11.8 Å². The van der Waals surface area contributed by atoms with Crippen LogP contribution in [0.25, 0.3) is 11.4 Å². The molecular weight excluding hydrogens is 373 g/mol. The molecule has 1 aliphatic rings. The van der Waals surface area contributed by atoms with Gasteiger partial charge in [0.15, 0.2) is 17.2 Å². The summed E-state index contributed by atoms with van der Waals surface area (Å²) in [5, 5.41) is 10.9. The minimum absolute atomic E-state index is 0.168. The molecule has 7 nitrogen and oxygen atoms in total. The number of aromatic nitrogens is 4. The van der Waals surface area contributed by atoms with E-state index in [1.165, 1.54) is 6.07 Å². The average Bonchev–Trinajstić information content (AvgIpc) is 3.28. The molecule has 11 heteroatoms. The van der Waals surface area contributed by atoms with Crippen LogP contribution in [0.15, 0.2) is 39.9 Å². The summed E-state index contributed by atoms with van der Waals surface area (Å²) in [6, 6.07) is 7.39. The quantitative estimate of drug-likeness (QED) is 0.634. The van der Waals surface area contributed by atoms with Gasteiger partial charge < -0.3 is 14.0 Å². The first-order valence-corrected chi connectivity index (χ1v) is 8.24. The van der Waals surface area contributed by atoms with Gasteiger partial charge in [0.2, 0.25) is 18.5 Å². The standard InChI is InChI=1S/C15H9F3N4O3S/c16-15(17,18)11-3-4-13(21-20-11)26-6-12-19-14(22-25-12)8-1-2-9-10(5-8)24-7-23-9/h1-5H,6-7H2. The molecule has 134 valence electrons. The molecule has 0 saturated carbocycles. The Kier molecular flexibility index (Phi) is 4.15. The van der Waals surface area contributed by atoms with Gasteiger partial charge in [-0.1, -0.05) is 16.9 Å². The summed E-state index contributed by atoms with van der Waals surface area (Å²) in [5.74, 6) is 2.18. The van der Waals surface area contributed by atoms with E-state index in [1.54, 1.807) is 18.2 Å². The Morgan fingerprint density at radius 1 is 1.04 bits per heavy atom. The van der Waals surface area contributed by atoms with E-state index in [0.29, 0.717) is 33.8 Å². The van der Waals surface area contributed by atoms with Crippen LogP contribution < -0.4 is 9.47 Å². The number of hydrogen-bond acceptors (Lipinski definition) is 8. The number of ether oxygens (including phenoxy) is 2. The van der Waals surface area contributed by atoms with Crippen molar-refractivity contribution in [1.29, 1.82) is 0 Å². The molecule has 1 aliphatic heterocycles. The van der Waals surface area contributed by atoms with Gasteiger partial charge in [-0.3, -0.25) is 0 Å². The lowest BCUT2D eigenvalue weighted by Gasteiger charge is -2.04. The van der Waals surface area contributed by atoms with Gasteiger partial charge in [-0.25, -0.2) is 0 Å². The first-order chi connectivity index (χ1) is 12.5. The van der Waals surface area contributed by atoms with Crippen molar-refractivity contribution in [3.63, 3.8) is 0 Å². The van der Waals surface area contributed by atoms with Crippen LogP contribution in [-0.4, -0.2) is 27.1 Å². The molecule has 0 amide bonds. The van der Waals surface area contributed by atoms with Crippen molar-refractivity contribution in [2.45, 2.75) is 17.0 Å². The minimum atomic E-state index is -4.51. The van der Waals surface area contributed by atoms with E-state index in [2.05, 4.69) is 20.3 Å². The van der Waals surface area contributed by atoms with Gasteiger partial charge in [0.25, 0.3) is 0 Å². The van der Waals surface area contributed by atoms with E-state index in [-0.39, 0.29) is 12.5 Å². The third kappa shape index (κ3) is 3.43. The van der Waals surface area contributed by atoms with Crippen LogP contribution in [0.5, 0.6) is 11.5 Å². The topological polar surface area (TPSA) is 83.2 Å². The first-order valence-electron chi connectivity index (χ1n) is 7.25. The summed E-state index contributed by atoms with van der Waals surface area (Å²) < 4.78 is 53.1. The zero-order valence-electron chi connectivity index (χ0n) is 12.9. The van der Waals surface area contributed by atoms with Crippen molar-refractivity contribution >= 4 is 11.8 Å². The van der Waals surface area contributed by atoms with Crippen molar-refractivity contribution in [3.05, 3.63) is 41.9 Å². The number of hydrogen-bond donors (Lipinski definition) is 0. The summed E-state index contributed by atoms with van der Waals surface area (Å²) in [5.41, 5.74) is -0.340. The molecule has 0 unspecified atom stereocenters. The molecule has 0 saturated heterocycles. The molecule has 0 fully saturated rings. The zero-order valence-corrected chi connectivity index (χ0v) is 13.7. The van der Waals surface area contributed by atoms with Gasteiger partial charge in [-0.2, -0.15) is 18.2 Å². The monoisotopic (exact) mass is 382 g/mol. The molecule has 0 atom stereocenters. The third-order valence-electron chi connectivity index (χ3n) is 3.37. The van der Waals surface area contributed by atoms with E-state index in [1.807, 2.05) is 0 Å². The van der Waals surface area contributed by atoms with Gasteiger partial charge in [0, 0.05) is 5.56 Å². The molecule has 0 aliphatic carbocycles. The third-order valence-corrected chi connectivity index (χ3v) is 4.28. The molecule has 2 aromatic heterocycles. The second-order valence-electron chi connectivity index (χ2n) is 5.12. The number of alkyl halides is 3. The smallest absolute Gasteiger partial charge is 0.435 e. The number of nitrogens with zero attached hydrogens (tertiary/aromatic N) is 4. The van der Waals surface area contributed by atoms with Crippen molar-refractivity contribution in [3.8, 4) is 22.9 Å². The van der Waals surface area contributed by atoms with E-state index in [9.17, 15) is 13.2 Å². The summed E-state index contributed by atoms with van der Waals surface area (Å²) >= 11 is 1.14. The fourth-order valence-electron chi connectivity index (χ4n) is 2.15. The Labute approximate surface area is 148 Å². The minimum Gasteiger partial charge on any atom is -0.454 e. The van der Waals surface area contributed by atoms with E-state index >= 15 is 0 Å². The Hall–Kier alpha value is -2.82. The summed E-state index contributed by atoms with van der Waals surface area (Å²) in [6.45, 7) is 0.168.